The van der Waals surface area contributed by atoms with Crippen molar-refractivity contribution >= 4 is 22.6 Å². The van der Waals surface area contributed by atoms with Crippen LogP contribution in [0.5, 0.6) is 0 Å². The molecule has 3 rings (SSSR count). The van der Waals surface area contributed by atoms with Gasteiger partial charge in [-0.3, -0.25) is 4.79 Å². The van der Waals surface area contributed by atoms with E-state index < -0.39 is 5.97 Å². The largest absolute Gasteiger partial charge is 0.481 e. The quantitative estimate of drug-likeness (QED) is 0.914. The Morgan fingerprint density at radius 2 is 2.25 bits per heavy atom. The first-order chi connectivity index (χ1) is 9.65. The van der Waals surface area contributed by atoms with Crippen LogP contribution >= 0.6 is 0 Å². The van der Waals surface area contributed by atoms with Gasteiger partial charge < -0.3 is 10.0 Å². The zero-order valence-corrected chi connectivity index (χ0v) is 10.9. The Kier molecular flexibility index (Phi) is 3.26. The summed E-state index contributed by atoms with van der Waals surface area (Å²) in [6, 6.07) is 6.43. The zero-order valence-electron chi connectivity index (χ0n) is 10.9. The van der Waals surface area contributed by atoms with Crippen LogP contribution in [0.2, 0.25) is 0 Å². The van der Waals surface area contributed by atoms with Gasteiger partial charge in [0.15, 0.2) is 0 Å². The van der Waals surface area contributed by atoms with E-state index in [0.29, 0.717) is 18.8 Å². The van der Waals surface area contributed by atoms with Crippen LogP contribution in [0.15, 0.2) is 30.5 Å². The monoisotopic (exact) mass is 274 g/mol. The fraction of sp³-hybridized carbons (Fsp3) is 0.333. The van der Waals surface area contributed by atoms with Crippen LogP contribution in [0, 0.1) is 11.7 Å². The number of nitrogens with zero attached hydrogens (tertiary/aromatic N) is 2. The van der Waals surface area contributed by atoms with Crippen LogP contribution in [0.1, 0.15) is 12.8 Å². The van der Waals surface area contributed by atoms with Gasteiger partial charge in [0, 0.05) is 24.7 Å². The number of anilines is 1. The van der Waals surface area contributed by atoms with Crippen molar-refractivity contribution in [3.63, 3.8) is 0 Å². The first kappa shape index (κ1) is 12.8. The number of aromatic nitrogens is 1. The van der Waals surface area contributed by atoms with Crippen molar-refractivity contribution in [1.29, 1.82) is 0 Å². The molecule has 0 aliphatic carbocycles. The molecule has 0 radical (unpaired) electrons. The number of pyridine rings is 1. The van der Waals surface area contributed by atoms with Crippen LogP contribution in [0.4, 0.5) is 10.2 Å². The molecule has 1 aromatic heterocycles. The van der Waals surface area contributed by atoms with E-state index >= 15 is 0 Å². The van der Waals surface area contributed by atoms with Gasteiger partial charge in [-0.05, 0) is 36.4 Å². The molecule has 5 heteroatoms. The molecule has 2 heterocycles. The predicted molar refractivity (Wildman–Crippen MR) is 74.3 cm³/mol. The van der Waals surface area contributed by atoms with Crippen molar-refractivity contribution < 1.29 is 14.3 Å². The SMILES string of the molecule is O=C(O)C1CCCN(c2nccc3ccc(F)cc23)C1. The zero-order chi connectivity index (χ0) is 14.1. The first-order valence-electron chi connectivity index (χ1n) is 6.67. The van der Waals surface area contributed by atoms with Crippen LogP contribution in [-0.2, 0) is 4.79 Å². The lowest BCUT2D eigenvalue weighted by Gasteiger charge is -2.32. The van der Waals surface area contributed by atoms with E-state index in [0.717, 1.165) is 23.7 Å². The van der Waals surface area contributed by atoms with E-state index in [9.17, 15) is 9.18 Å². The number of carboxylic acids is 1. The van der Waals surface area contributed by atoms with E-state index in [-0.39, 0.29) is 11.7 Å². The topological polar surface area (TPSA) is 53.4 Å². The van der Waals surface area contributed by atoms with E-state index in [2.05, 4.69) is 4.98 Å². The molecular weight excluding hydrogens is 259 g/mol. The summed E-state index contributed by atoms with van der Waals surface area (Å²) in [5.41, 5.74) is 0. The van der Waals surface area contributed by atoms with Gasteiger partial charge in [-0.1, -0.05) is 6.07 Å². The Labute approximate surface area is 115 Å². The summed E-state index contributed by atoms with van der Waals surface area (Å²) >= 11 is 0. The maximum Gasteiger partial charge on any atom is 0.308 e. The Hall–Kier alpha value is -2.17. The molecule has 1 N–H and O–H groups in total. The molecule has 1 saturated heterocycles. The number of halogens is 1. The van der Waals surface area contributed by atoms with Crippen molar-refractivity contribution in [3.8, 4) is 0 Å². The highest BCUT2D eigenvalue weighted by Gasteiger charge is 2.26. The van der Waals surface area contributed by atoms with Crippen LogP contribution in [-0.4, -0.2) is 29.1 Å². The molecule has 0 amide bonds. The Balaban J connectivity index is 2.01. The van der Waals surface area contributed by atoms with Crippen molar-refractivity contribution in [2.75, 3.05) is 18.0 Å². The molecule has 20 heavy (non-hydrogen) atoms. The van der Waals surface area contributed by atoms with Gasteiger partial charge in [0.2, 0.25) is 0 Å². The van der Waals surface area contributed by atoms with E-state index in [1.54, 1.807) is 12.3 Å². The number of hydrogen-bond donors (Lipinski definition) is 1. The summed E-state index contributed by atoms with van der Waals surface area (Å²) in [5.74, 6) is -0.790. The number of hydrogen-bond acceptors (Lipinski definition) is 3. The van der Waals surface area contributed by atoms with Gasteiger partial charge in [-0.25, -0.2) is 9.37 Å². The molecular formula is C15H15FN2O2. The van der Waals surface area contributed by atoms with Gasteiger partial charge in [-0.15, -0.1) is 0 Å². The number of benzene rings is 1. The van der Waals surface area contributed by atoms with Crippen molar-refractivity contribution in [3.05, 3.63) is 36.3 Å². The molecule has 1 aliphatic rings. The third-order valence-electron chi connectivity index (χ3n) is 3.78. The molecule has 1 aliphatic heterocycles. The van der Waals surface area contributed by atoms with E-state index in [1.165, 1.54) is 12.1 Å². The summed E-state index contributed by atoms with van der Waals surface area (Å²) in [4.78, 5) is 17.4. The Morgan fingerprint density at radius 1 is 1.40 bits per heavy atom. The number of aliphatic carboxylic acids is 1. The third-order valence-corrected chi connectivity index (χ3v) is 3.78. The van der Waals surface area contributed by atoms with Crippen molar-refractivity contribution in [2.45, 2.75) is 12.8 Å². The van der Waals surface area contributed by atoms with E-state index in [4.69, 9.17) is 5.11 Å². The molecule has 1 atom stereocenters. The first-order valence-corrected chi connectivity index (χ1v) is 6.67. The Morgan fingerprint density at radius 3 is 3.05 bits per heavy atom. The molecule has 104 valence electrons. The maximum absolute atomic E-state index is 13.4. The summed E-state index contributed by atoms with van der Waals surface area (Å²) in [5, 5.41) is 10.8. The molecule has 2 aromatic rings. The minimum Gasteiger partial charge on any atom is -0.481 e. The van der Waals surface area contributed by atoms with Gasteiger partial charge in [0.05, 0.1) is 5.92 Å². The van der Waals surface area contributed by atoms with Crippen molar-refractivity contribution in [2.24, 2.45) is 5.92 Å². The average Bonchev–Trinajstić information content (AvgIpc) is 2.46. The van der Waals surface area contributed by atoms with E-state index in [1.807, 2.05) is 11.0 Å². The highest BCUT2D eigenvalue weighted by molar-refractivity contribution is 5.92. The lowest BCUT2D eigenvalue weighted by atomic mass is 9.98. The molecule has 1 fully saturated rings. The van der Waals surface area contributed by atoms with Gasteiger partial charge in [-0.2, -0.15) is 0 Å². The van der Waals surface area contributed by atoms with Crippen LogP contribution in [0.3, 0.4) is 0 Å². The molecule has 1 aromatic carbocycles. The second kappa shape index (κ2) is 5.07. The number of fused-ring (bicyclic) bond motifs is 1. The lowest BCUT2D eigenvalue weighted by molar-refractivity contribution is -0.141. The molecule has 0 saturated carbocycles. The highest BCUT2D eigenvalue weighted by atomic mass is 19.1. The summed E-state index contributed by atoms with van der Waals surface area (Å²) < 4.78 is 13.4. The smallest absolute Gasteiger partial charge is 0.308 e. The second-order valence-corrected chi connectivity index (χ2v) is 5.12. The van der Waals surface area contributed by atoms with Crippen molar-refractivity contribution in [1.82, 2.24) is 4.98 Å². The van der Waals surface area contributed by atoms with Gasteiger partial charge in [0.1, 0.15) is 11.6 Å². The number of rotatable bonds is 2. The number of piperidine rings is 1. The number of carboxylic acid groups (broad SMARTS) is 1. The van der Waals surface area contributed by atoms with Crippen LogP contribution < -0.4 is 4.90 Å². The minimum absolute atomic E-state index is 0.307. The lowest BCUT2D eigenvalue weighted by Crippen LogP contribution is -2.39. The summed E-state index contributed by atoms with van der Waals surface area (Å²) in [7, 11) is 0. The molecule has 1 unspecified atom stereocenters. The highest BCUT2D eigenvalue weighted by Crippen LogP contribution is 2.28. The fourth-order valence-electron chi connectivity index (χ4n) is 2.75. The Bertz CT molecular complexity index is 659. The van der Waals surface area contributed by atoms with Gasteiger partial charge >= 0.3 is 5.97 Å². The summed E-state index contributed by atoms with van der Waals surface area (Å²) in [6.45, 7) is 1.18. The normalized spacial score (nSPS) is 19.2. The summed E-state index contributed by atoms with van der Waals surface area (Å²) in [6.07, 6.45) is 3.18. The number of carbonyl (C=O) groups is 1. The average molecular weight is 274 g/mol. The minimum atomic E-state index is -0.777. The fourth-order valence-corrected chi connectivity index (χ4v) is 2.75. The predicted octanol–water partition coefficient (Wildman–Crippen LogP) is 2.67. The standard InChI is InChI=1S/C15H15FN2O2/c16-12-4-3-10-5-6-17-14(13(10)8-12)18-7-1-2-11(9-18)15(19)20/h3-6,8,11H,1-2,7,9H2,(H,19,20). The maximum atomic E-state index is 13.4. The second-order valence-electron chi connectivity index (χ2n) is 5.12. The molecule has 0 spiro atoms. The van der Waals surface area contributed by atoms with Gasteiger partial charge in [0.25, 0.3) is 0 Å². The third kappa shape index (κ3) is 2.31. The van der Waals surface area contributed by atoms with Crippen LogP contribution in [0.25, 0.3) is 10.8 Å². The molecule has 4 nitrogen and oxygen atoms in total. The molecule has 0 bridgehead atoms.